The Labute approximate surface area is 144 Å². The molecule has 0 unspecified atom stereocenters. The Kier molecular flexibility index (Phi) is 3.47. The number of allylic oxidation sites excluding steroid dienone is 1. The van der Waals surface area contributed by atoms with Crippen molar-refractivity contribution < 1.29 is 14.4 Å². The molecule has 3 nitrogen and oxygen atoms in total. The van der Waals surface area contributed by atoms with E-state index in [1.807, 2.05) is 0 Å². The number of ketones is 2. The second-order valence-corrected chi connectivity index (χ2v) is 9.18. The lowest BCUT2D eigenvalue weighted by atomic mass is 9.43. The zero-order valence-corrected chi connectivity index (χ0v) is 15.0. The molecule has 0 heterocycles. The van der Waals surface area contributed by atoms with E-state index in [1.54, 1.807) is 6.08 Å². The molecule has 0 spiro atoms. The summed E-state index contributed by atoms with van der Waals surface area (Å²) in [5, 5.41) is 0. The molecule has 4 aliphatic rings. The average molecular weight is 328 g/mol. The second kappa shape index (κ2) is 5.12. The van der Waals surface area contributed by atoms with Crippen LogP contribution in [0, 0.1) is 40.4 Å². The van der Waals surface area contributed by atoms with Crippen molar-refractivity contribution in [2.24, 2.45) is 40.4 Å². The maximum Gasteiger partial charge on any atom is 0.155 e. The van der Waals surface area contributed by atoms with Crippen LogP contribution in [0.2, 0.25) is 0 Å². The predicted octanol–water partition coefficient (Wildman–Crippen LogP) is 3.76. The summed E-state index contributed by atoms with van der Waals surface area (Å²) >= 11 is 0. The molecule has 0 aliphatic heterocycles. The van der Waals surface area contributed by atoms with Crippen molar-refractivity contribution in [3.8, 4) is 0 Å². The number of Topliss-reactive ketones (excluding diaryl/α,β-unsaturated/α-hetero) is 1. The summed E-state index contributed by atoms with van der Waals surface area (Å²) in [5.74, 6) is 2.31. The van der Waals surface area contributed by atoms with E-state index in [0.29, 0.717) is 42.3 Å². The molecule has 0 aromatic rings. The zero-order chi connectivity index (χ0) is 17.3. The Bertz CT molecular complexity index is 647. The Morgan fingerprint density at radius 2 is 1.88 bits per heavy atom. The minimum absolute atomic E-state index is 0.0870. The van der Waals surface area contributed by atoms with Gasteiger partial charge in [-0.15, -0.1) is 0 Å². The summed E-state index contributed by atoms with van der Waals surface area (Å²) < 4.78 is 0. The third-order valence-corrected chi connectivity index (χ3v) is 8.26. The second-order valence-electron chi connectivity index (χ2n) is 9.18. The Balaban J connectivity index is 1.82. The SMILES string of the molecule is C[C@@H]1CC2=CC(=O)C[C@@H](C)[C@]2(C=O)[C@H]2CC[C@]3(C)C(=O)CC[C@H]3[C@H]12. The van der Waals surface area contributed by atoms with Gasteiger partial charge in [0, 0.05) is 18.3 Å². The molecular formula is C21H28O3. The van der Waals surface area contributed by atoms with Crippen molar-refractivity contribution in [3.63, 3.8) is 0 Å². The Morgan fingerprint density at radius 1 is 1.12 bits per heavy atom. The van der Waals surface area contributed by atoms with Crippen molar-refractivity contribution in [2.45, 2.75) is 59.3 Å². The Hall–Kier alpha value is -1.25. The molecule has 3 heteroatoms. The third kappa shape index (κ3) is 1.82. The lowest BCUT2D eigenvalue weighted by molar-refractivity contribution is -0.142. The first kappa shape index (κ1) is 16.2. The van der Waals surface area contributed by atoms with Gasteiger partial charge >= 0.3 is 0 Å². The van der Waals surface area contributed by atoms with Crippen molar-refractivity contribution in [3.05, 3.63) is 11.6 Å². The predicted molar refractivity (Wildman–Crippen MR) is 91.2 cm³/mol. The molecule has 0 saturated heterocycles. The molecule has 3 saturated carbocycles. The van der Waals surface area contributed by atoms with Gasteiger partial charge in [0.1, 0.15) is 12.1 Å². The summed E-state index contributed by atoms with van der Waals surface area (Å²) in [5.41, 5.74) is 0.454. The van der Waals surface area contributed by atoms with Crippen LogP contribution < -0.4 is 0 Å². The van der Waals surface area contributed by atoms with Crippen LogP contribution in [0.1, 0.15) is 59.3 Å². The van der Waals surface area contributed by atoms with Gasteiger partial charge in [0.15, 0.2) is 5.78 Å². The zero-order valence-electron chi connectivity index (χ0n) is 15.0. The lowest BCUT2D eigenvalue weighted by Gasteiger charge is -2.59. The van der Waals surface area contributed by atoms with Gasteiger partial charge in [-0.2, -0.15) is 0 Å². The molecule has 0 aromatic carbocycles. The molecule has 0 aromatic heterocycles. The van der Waals surface area contributed by atoms with Crippen LogP contribution in [-0.4, -0.2) is 17.9 Å². The fourth-order valence-corrected chi connectivity index (χ4v) is 7.09. The van der Waals surface area contributed by atoms with E-state index >= 15 is 0 Å². The Morgan fingerprint density at radius 3 is 2.58 bits per heavy atom. The number of rotatable bonds is 1. The van der Waals surface area contributed by atoms with Gasteiger partial charge in [-0.05, 0) is 61.3 Å². The maximum absolute atomic E-state index is 12.5. The van der Waals surface area contributed by atoms with Crippen LogP contribution in [0.3, 0.4) is 0 Å². The number of fused-ring (bicyclic) bond motifs is 5. The van der Waals surface area contributed by atoms with Gasteiger partial charge in [0.25, 0.3) is 0 Å². The fraction of sp³-hybridized carbons (Fsp3) is 0.762. The molecule has 0 N–H and O–H groups in total. The lowest BCUT2D eigenvalue weighted by Crippen LogP contribution is -2.57. The van der Waals surface area contributed by atoms with E-state index in [1.165, 1.54) is 6.29 Å². The summed E-state index contributed by atoms with van der Waals surface area (Å²) in [6.07, 6.45) is 7.85. The van der Waals surface area contributed by atoms with Gasteiger partial charge in [-0.25, -0.2) is 0 Å². The van der Waals surface area contributed by atoms with E-state index in [-0.39, 0.29) is 17.1 Å². The third-order valence-electron chi connectivity index (χ3n) is 8.26. The van der Waals surface area contributed by atoms with Crippen LogP contribution in [0.25, 0.3) is 0 Å². The van der Waals surface area contributed by atoms with E-state index in [0.717, 1.165) is 31.3 Å². The molecule has 4 rings (SSSR count). The number of hydrogen-bond donors (Lipinski definition) is 0. The van der Waals surface area contributed by atoms with Gasteiger partial charge < -0.3 is 4.79 Å². The first-order valence-corrected chi connectivity index (χ1v) is 9.58. The normalized spacial score (nSPS) is 50.6. The average Bonchev–Trinajstić information content (AvgIpc) is 2.82. The van der Waals surface area contributed by atoms with Crippen molar-refractivity contribution in [1.29, 1.82) is 0 Å². The number of carbonyl (C=O) groups is 3. The highest BCUT2D eigenvalue weighted by atomic mass is 16.1. The summed E-state index contributed by atoms with van der Waals surface area (Å²) in [6.45, 7) is 6.52. The summed E-state index contributed by atoms with van der Waals surface area (Å²) in [6, 6.07) is 0. The quantitative estimate of drug-likeness (QED) is 0.689. The van der Waals surface area contributed by atoms with Gasteiger partial charge in [0.2, 0.25) is 0 Å². The van der Waals surface area contributed by atoms with Crippen LogP contribution in [-0.2, 0) is 14.4 Å². The van der Waals surface area contributed by atoms with Crippen molar-refractivity contribution in [2.75, 3.05) is 0 Å². The van der Waals surface area contributed by atoms with E-state index < -0.39 is 5.41 Å². The van der Waals surface area contributed by atoms with E-state index in [9.17, 15) is 14.4 Å². The van der Waals surface area contributed by atoms with Crippen molar-refractivity contribution in [1.82, 2.24) is 0 Å². The molecule has 7 atom stereocenters. The molecule has 130 valence electrons. The van der Waals surface area contributed by atoms with E-state index in [2.05, 4.69) is 20.8 Å². The first-order chi connectivity index (χ1) is 11.3. The largest absolute Gasteiger partial charge is 0.302 e. The number of hydrogen-bond acceptors (Lipinski definition) is 3. The van der Waals surface area contributed by atoms with Crippen molar-refractivity contribution >= 4 is 17.9 Å². The topological polar surface area (TPSA) is 51.2 Å². The molecule has 0 amide bonds. The molecule has 3 fully saturated rings. The highest BCUT2D eigenvalue weighted by molar-refractivity contribution is 5.94. The highest BCUT2D eigenvalue weighted by Gasteiger charge is 2.63. The minimum atomic E-state index is -0.460. The molecular weight excluding hydrogens is 300 g/mol. The van der Waals surface area contributed by atoms with Crippen LogP contribution in [0.5, 0.6) is 0 Å². The molecule has 0 radical (unpaired) electrons. The highest BCUT2D eigenvalue weighted by Crippen LogP contribution is 2.66. The van der Waals surface area contributed by atoms with E-state index in [4.69, 9.17) is 0 Å². The van der Waals surface area contributed by atoms with Crippen LogP contribution >= 0.6 is 0 Å². The van der Waals surface area contributed by atoms with Gasteiger partial charge in [-0.3, -0.25) is 9.59 Å². The van der Waals surface area contributed by atoms with Crippen LogP contribution in [0.4, 0.5) is 0 Å². The smallest absolute Gasteiger partial charge is 0.155 e. The van der Waals surface area contributed by atoms with Crippen LogP contribution in [0.15, 0.2) is 11.6 Å². The maximum atomic E-state index is 12.5. The molecule has 24 heavy (non-hydrogen) atoms. The standard InChI is InChI=1S/C21H28O3/c1-12-8-14-10-15(23)9-13(2)21(14,11-22)17-6-7-20(3)16(19(12)17)4-5-18(20)24/h10-13,16-17,19H,4-9H2,1-3H3/t12-,13-,16+,17+,19+,20+,21+/m1/s1. The first-order valence-electron chi connectivity index (χ1n) is 9.58. The number of aldehydes is 1. The fourth-order valence-electron chi connectivity index (χ4n) is 7.09. The number of carbonyl (C=O) groups excluding carboxylic acids is 3. The molecule has 4 aliphatic carbocycles. The monoisotopic (exact) mass is 328 g/mol. The summed E-state index contributed by atoms with van der Waals surface area (Å²) in [4.78, 5) is 37.0. The summed E-state index contributed by atoms with van der Waals surface area (Å²) in [7, 11) is 0. The molecule has 0 bridgehead atoms. The minimum Gasteiger partial charge on any atom is -0.302 e. The van der Waals surface area contributed by atoms with Gasteiger partial charge in [-0.1, -0.05) is 26.3 Å². The van der Waals surface area contributed by atoms with Gasteiger partial charge in [0.05, 0.1) is 5.41 Å².